The Morgan fingerprint density at radius 2 is 1.85 bits per heavy atom. The lowest BCUT2D eigenvalue weighted by Gasteiger charge is -2.23. The van der Waals surface area contributed by atoms with Crippen LogP contribution in [0, 0.1) is 0 Å². The van der Waals surface area contributed by atoms with Crippen molar-refractivity contribution in [3.05, 3.63) is 52.5 Å². The number of benzene rings is 2. The van der Waals surface area contributed by atoms with E-state index in [1.54, 1.807) is 23.1 Å². The number of nitrogens with zero attached hydrogens (tertiary/aromatic N) is 1. The molecule has 3 nitrogen and oxygen atoms in total. The Labute approximate surface area is 127 Å². The summed E-state index contributed by atoms with van der Waals surface area (Å²) >= 11 is 12.3. The maximum atomic E-state index is 12.4. The summed E-state index contributed by atoms with van der Waals surface area (Å²) < 4.78 is 0. The van der Waals surface area contributed by atoms with Crippen molar-refractivity contribution in [2.75, 3.05) is 16.8 Å². The number of fused-ring (bicyclic) bond motifs is 1. The summed E-state index contributed by atoms with van der Waals surface area (Å²) in [4.78, 5) is 14.1. The molecule has 0 saturated heterocycles. The Morgan fingerprint density at radius 1 is 1.05 bits per heavy atom. The zero-order valence-corrected chi connectivity index (χ0v) is 12.1. The highest BCUT2D eigenvalue weighted by Crippen LogP contribution is 2.39. The summed E-state index contributed by atoms with van der Waals surface area (Å²) in [5, 5.41) is 4.35. The molecule has 1 aliphatic rings. The quantitative estimate of drug-likeness (QED) is 0.843. The van der Waals surface area contributed by atoms with Crippen molar-refractivity contribution >= 4 is 46.2 Å². The van der Waals surface area contributed by atoms with Crippen molar-refractivity contribution in [1.82, 2.24) is 0 Å². The molecule has 1 N–H and O–H groups in total. The minimum atomic E-state index is -0.00776. The van der Waals surface area contributed by atoms with Gasteiger partial charge in [0.05, 0.1) is 22.1 Å². The third-order valence-corrected chi connectivity index (χ3v) is 3.75. The maximum absolute atomic E-state index is 12.4. The van der Waals surface area contributed by atoms with Gasteiger partial charge in [0.15, 0.2) is 0 Å². The third kappa shape index (κ3) is 2.35. The number of halogens is 2. The molecule has 1 heterocycles. The minimum absolute atomic E-state index is 0.00776. The van der Waals surface area contributed by atoms with E-state index in [9.17, 15) is 4.79 Å². The Morgan fingerprint density at radius 3 is 2.65 bits per heavy atom. The molecule has 0 aromatic heterocycles. The van der Waals surface area contributed by atoms with E-state index in [4.69, 9.17) is 23.2 Å². The molecule has 20 heavy (non-hydrogen) atoms. The number of nitrogens with one attached hydrogen (secondary N) is 1. The Balaban J connectivity index is 2.20. The van der Waals surface area contributed by atoms with E-state index in [1.807, 2.05) is 24.3 Å². The van der Waals surface area contributed by atoms with Crippen LogP contribution in [0.5, 0.6) is 0 Å². The van der Waals surface area contributed by atoms with Crippen LogP contribution in [0.1, 0.15) is 6.42 Å². The first-order chi connectivity index (χ1) is 9.66. The fourth-order valence-electron chi connectivity index (χ4n) is 2.29. The van der Waals surface area contributed by atoms with Crippen molar-refractivity contribution < 1.29 is 4.79 Å². The molecule has 0 radical (unpaired) electrons. The number of anilines is 3. The van der Waals surface area contributed by atoms with Gasteiger partial charge in [-0.15, -0.1) is 0 Å². The van der Waals surface area contributed by atoms with E-state index in [-0.39, 0.29) is 5.91 Å². The number of carbonyl (C=O) groups excluding carboxylic acids is 1. The van der Waals surface area contributed by atoms with Gasteiger partial charge < -0.3 is 5.32 Å². The highest BCUT2D eigenvalue weighted by Gasteiger charge is 2.25. The second kappa shape index (κ2) is 5.35. The molecule has 3 rings (SSSR count). The predicted molar refractivity (Wildman–Crippen MR) is 83.2 cm³/mol. The summed E-state index contributed by atoms with van der Waals surface area (Å²) in [6.07, 6.45) is 0.400. The zero-order chi connectivity index (χ0) is 14.1. The van der Waals surface area contributed by atoms with Gasteiger partial charge in [-0.05, 0) is 30.3 Å². The topological polar surface area (TPSA) is 32.3 Å². The molecule has 0 aliphatic carbocycles. The maximum Gasteiger partial charge on any atom is 0.233 e. The molecule has 0 atom stereocenters. The molecular weight excluding hydrogens is 295 g/mol. The van der Waals surface area contributed by atoms with Gasteiger partial charge in [0.25, 0.3) is 0 Å². The molecule has 2 aromatic rings. The van der Waals surface area contributed by atoms with E-state index in [0.717, 1.165) is 11.4 Å². The number of hydrogen-bond acceptors (Lipinski definition) is 2. The predicted octanol–water partition coefficient (Wildman–Crippen LogP) is 4.47. The molecule has 0 bridgehead atoms. The molecule has 0 spiro atoms. The van der Waals surface area contributed by atoms with Gasteiger partial charge in [-0.25, -0.2) is 0 Å². The average Bonchev–Trinajstić information content (AvgIpc) is 2.58. The van der Waals surface area contributed by atoms with Crippen LogP contribution in [0.4, 0.5) is 17.1 Å². The van der Waals surface area contributed by atoms with E-state index in [0.29, 0.717) is 28.7 Å². The van der Waals surface area contributed by atoms with E-state index >= 15 is 0 Å². The van der Waals surface area contributed by atoms with Crippen LogP contribution in [-0.4, -0.2) is 12.5 Å². The number of hydrogen-bond donors (Lipinski definition) is 1. The molecule has 0 fully saturated rings. The van der Waals surface area contributed by atoms with Crippen molar-refractivity contribution in [3.63, 3.8) is 0 Å². The van der Waals surface area contributed by atoms with E-state index in [2.05, 4.69) is 5.32 Å². The molecule has 1 aliphatic heterocycles. The Kier molecular flexibility index (Phi) is 3.55. The summed E-state index contributed by atoms with van der Waals surface area (Å²) in [6, 6.07) is 12.7. The smallest absolute Gasteiger partial charge is 0.233 e. The second-order valence-corrected chi connectivity index (χ2v) is 5.36. The number of carbonyl (C=O) groups is 1. The fourth-order valence-corrected chi connectivity index (χ4v) is 2.67. The number of amides is 1. The van der Waals surface area contributed by atoms with Gasteiger partial charge in [-0.2, -0.15) is 0 Å². The fraction of sp³-hybridized carbons (Fsp3) is 0.133. The largest absolute Gasteiger partial charge is 0.383 e. The zero-order valence-electron chi connectivity index (χ0n) is 10.6. The van der Waals surface area contributed by atoms with Crippen LogP contribution in [0.2, 0.25) is 10.0 Å². The van der Waals surface area contributed by atoms with Gasteiger partial charge in [0, 0.05) is 18.0 Å². The Hall–Kier alpha value is -1.71. The van der Waals surface area contributed by atoms with Crippen LogP contribution >= 0.6 is 23.2 Å². The van der Waals surface area contributed by atoms with E-state index < -0.39 is 0 Å². The lowest BCUT2D eigenvalue weighted by molar-refractivity contribution is -0.117. The van der Waals surface area contributed by atoms with Gasteiger partial charge in [0.1, 0.15) is 0 Å². The van der Waals surface area contributed by atoms with Crippen LogP contribution in [-0.2, 0) is 4.79 Å². The normalized spacial score (nSPS) is 14.5. The Bertz CT molecular complexity index is 673. The lowest BCUT2D eigenvalue weighted by Crippen LogP contribution is -2.25. The van der Waals surface area contributed by atoms with Crippen molar-refractivity contribution in [1.29, 1.82) is 0 Å². The molecule has 0 unspecified atom stereocenters. The van der Waals surface area contributed by atoms with Crippen LogP contribution in [0.3, 0.4) is 0 Å². The van der Waals surface area contributed by atoms with Crippen molar-refractivity contribution in [2.24, 2.45) is 0 Å². The molecule has 0 saturated carbocycles. The molecule has 102 valence electrons. The molecule has 1 amide bonds. The highest BCUT2D eigenvalue weighted by molar-refractivity contribution is 6.34. The van der Waals surface area contributed by atoms with Gasteiger partial charge >= 0.3 is 0 Å². The SMILES string of the molecule is O=C1CCNc2ccc(Cl)cc2N1c1ccccc1Cl. The van der Waals surface area contributed by atoms with Crippen LogP contribution < -0.4 is 10.2 Å². The first-order valence-electron chi connectivity index (χ1n) is 6.28. The third-order valence-electron chi connectivity index (χ3n) is 3.20. The summed E-state index contributed by atoms with van der Waals surface area (Å²) in [7, 11) is 0. The monoisotopic (exact) mass is 306 g/mol. The average molecular weight is 307 g/mol. The standard InChI is InChI=1S/C15H12Cl2N2O/c16-10-5-6-12-14(9-10)19(15(20)7-8-18-12)13-4-2-1-3-11(13)17/h1-6,9,18H,7-8H2. The molecular formula is C15H12Cl2N2O. The number of rotatable bonds is 1. The second-order valence-electron chi connectivity index (χ2n) is 4.52. The lowest BCUT2D eigenvalue weighted by atomic mass is 10.2. The number of para-hydroxylation sites is 1. The van der Waals surface area contributed by atoms with E-state index in [1.165, 1.54) is 0 Å². The van der Waals surface area contributed by atoms with Crippen molar-refractivity contribution in [2.45, 2.75) is 6.42 Å². The van der Waals surface area contributed by atoms with Crippen LogP contribution in [0.15, 0.2) is 42.5 Å². The first-order valence-corrected chi connectivity index (χ1v) is 7.03. The summed E-state index contributed by atoms with van der Waals surface area (Å²) in [6.45, 7) is 0.592. The van der Waals surface area contributed by atoms with Gasteiger partial charge in [-0.1, -0.05) is 35.3 Å². The molecule has 2 aromatic carbocycles. The van der Waals surface area contributed by atoms with Crippen LogP contribution in [0.25, 0.3) is 0 Å². The highest BCUT2D eigenvalue weighted by atomic mass is 35.5. The summed E-state index contributed by atoms with van der Waals surface area (Å²) in [5.74, 6) is -0.00776. The summed E-state index contributed by atoms with van der Waals surface area (Å²) in [5.41, 5.74) is 2.28. The van der Waals surface area contributed by atoms with Gasteiger partial charge in [-0.3, -0.25) is 9.69 Å². The first kappa shape index (κ1) is 13.3. The van der Waals surface area contributed by atoms with Crippen molar-refractivity contribution in [3.8, 4) is 0 Å². The molecule has 5 heteroatoms. The minimum Gasteiger partial charge on any atom is -0.383 e. The van der Waals surface area contributed by atoms with Gasteiger partial charge in [0.2, 0.25) is 5.91 Å².